The lowest BCUT2D eigenvalue weighted by Crippen LogP contribution is -2.60. The van der Waals surface area contributed by atoms with Gasteiger partial charge in [-0.1, -0.05) is 24.6 Å². The maximum absolute atomic E-state index is 12.6. The molecule has 0 fully saturated rings. The number of carbonyl (C=O) groups excluding carboxylic acids is 1. The van der Waals surface area contributed by atoms with Crippen molar-refractivity contribution in [1.82, 2.24) is 10.1 Å². The summed E-state index contributed by atoms with van der Waals surface area (Å²) < 4.78 is 5.53. The Morgan fingerprint density at radius 2 is 2.00 bits per heavy atom. The molecule has 5 nitrogen and oxygen atoms in total. The van der Waals surface area contributed by atoms with E-state index in [4.69, 9.17) is 4.74 Å². The first-order valence-corrected chi connectivity index (χ1v) is 8.26. The quantitative estimate of drug-likeness (QED) is 0.730. The molecule has 1 aliphatic carbocycles. The zero-order valence-corrected chi connectivity index (χ0v) is 15.6. The third-order valence-electron chi connectivity index (χ3n) is 4.49. The summed E-state index contributed by atoms with van der Waals surface area (Å²) in [5, 5.41) is 8.04. The molecule has 1 aliphatic heterocycles. The summed E-state index contributed by atoms with van der Waals surface area (Å²) in [6.07, 6.45) is 3.93. The van der Waals surface area contributed by atoms with E-state index < -0.39 is 11.7 Å². The number of hydrazone groups is 1. The van der Waals surface area contributed by atoms with Crippen LogP contribution in [0.2, 0.25) is 0 Å². The topological polar surface area (TPSA) is 45.1 Å². The Labute approximate surface area is 139 Å². The molecule has 0 N–H and O–H groups in total. The van der Waals surface area contributed by atoms with Crippen LogP contribution in [0, 0.1) is 5.41 Å². The molecule has 0 aromatic carbocycles. The lowest BCUT2D eigenvalue weighted by molar-refractivity contribution is -0.0870. The minimum absolute atomic E-state index is 0.103. The second-order valence-electron chi connectivity index (χ2n) is 7.65. The molecule has 1 heterocycles. The number of fused-ring (bicyclic) bond motifs is 1. The van der Waals surface area contributed by atoms with Crippen LogP contribution in [-0.4, -0.2) is 40.1 Å². The highest BCUT2D eigenvalue weighted by Gasteiger charge is 2.47. The highest BCUT2D eigenvalue weighted by molar-refractivity contribution is 6.07. The molecule has 0 radical (unpaired) electrons. The van der Waals surface area contributed by atoms with E-state index in [1.165, 1.54) is 10.7 Å². The van der Waals surface area contributed by atoms with Gasteiger partial charge in [0, 0.05) is 18.0 Å². The van der Waals surface area contributed by atoms with Gasteiger partial charge < -0.3 is 4.74 Å². The van der Waals surface area contributed by atoms with Crippen molar-refractivity contribution in [2.45, 2.75) is 67.0 Å². The Morgan fingerprint density at radius 3 is 2.52 bits per heavy atom. The van der Waals surface area contributed by atoms with Crippen molar-refractivity contribution in [2.75, 3.05) is 6.54 Å². The number of hydrazine groups is 1. The summed E-state index contributed by atoms with van der Waals surface area (Å²) in [5.74, 6) is 0. The highest BCUT2D eigenvalue weighted by Crippen LogP contribution is 2.41. The van der Waals surface area contributed by atoms with E-state index in [0.29, 0.717) is 6.54 Å². The zero-order chi connectivity index (χ0) is 17.6. The minimum Gasteiger partial charge on any atom is -0.441 e. The summed E-state index contributed by atoms with van der Waals surface area (Å²) in [6.45, 7) is 16.8. The van der Waals surface area contributed by atoms with Crippen molar-refractivity contribution in [3.8, 4) is 0 Å². The standard InChI is InChI=1S/C18H29N3O2/c1-9-20-14(4)18(8)11-12(2)10-13(3)15(18)19-21(20)16(22)23-17(5,6)7/h10-11,14H,9H2,1-8H3. The van der Waals surface area contributed by atoms with Crippen LogP contribution in [0.25, 0.3) is 0 Å². The molecule has 23 heavy (non-hydrogen) atoms. The van der Waals surface area contributed by atoms with Gasteiger partial charge in [0.2, 0.25) is 0 Å². The second kappa shape index (κ2) is 5.78. The van der Waals surface area contributed by atoms with Crippen molar-refractivity contribution in [3.05, 3.63) is 23.3 Å². The Morgan fingerprint density at radius 1 is 1.39 bits per heavy atom. The van der Waals surface area contributed by atoms with Crippen molar-refractivity contribution < 1.29 is 9.53 Å². The number of nitrogens with zero attached hydrogens (tertiary/aromatic N) is 3. The Hall–Kier alpha value is -1.62. The minimum atomic E-state index is -0.547. The lowest BCUT2D eigenvalue weighted by Gasteiger charge is -2.49. The Bertz CT molecular complexity index is 598. The molecule has 0 aromatic heterocycles. The summed E-state index contributed by atoms with van der Waals surface area (Å²) >= 11 is 0. The van der Waals surface area contributed by atoms with Crippen LogP contribution in [0.1, 0.15) is 55.4 Å². The van der Waals surface area contributed by atoms with Crippen LogP contribution in [0.5, 0.6) is 0 Å². The number of carbonyl (C=O) groups is 1. The van der Waals surface area contributed by atoms with Crippen LogP contribution in [0.4, 0.5) is 4.79 Å². The first-order chi connectivity index (χ1) is 10.5. The smallest absolute Gasteiger partial charge is 0.441 e. The molecule has 0 bridgehead atoms. The van der Waals surface area contributed by atoms with Gasteiger partial charge in [-0.15, -0.1) is 5.12 Å². The van der Waals surface area contributed by atoms with Crippen molar-refractivity contribution in [3.63, 3.8) is 0 Å². The monoisotopic (exact) mass is 319 g/mol. The fourth-order valence-electron chi connectivity index (χ4n) is 3.40. The average molecular weight is 319 g/mol. The van der Waals surface area contributed by atoms with Gasteiger partial charge in [-0.2, -0.15) is 10.1 Å². The SMILES string of the molecule is CCN1C(C)C2(C)C=C(C)C=C(C)C2=NN1C(=O)OC(C)(C)C. The van der Waals surface area contributed by atoms with E-state index in [9.17, 15) is 4.79 Å². The van der Waals surface area contributed by atoms with E-state index in [-0.39, 0.29) is 11.5 Å². The number of allylic oxidation sites excluding steroid dienone is 3. The van der Waals surface area contributed by atoms with Gasteiger partial charge in [-0.3, -0.25) is 0 Å². The Balaban J connectivity index is 2.48. The first-order valence-electron chi connectivity index (χ1n) is 8.26. The fraction of sp³-hybridized carbons (Fsp3) is 0.667. The molecule has 1 amide bonds. The third kappa shape index (κ3) is 3.20. The van der Waals surface area contributed by atoms with E-state index in [0.717, 1.165) is 11.3 Å². The van der Waals surface area contributed by atoms with Crippen LogP contribution in [-0.2, 0) is 4.74 Å². The number of hydrogen-bond acceptors (Lipinski definition) is 4. The normalized spacial score (nSPS) is 28.6. The van der Waals surface area contributed by atoms with Gasteiger partial charge in [0.1, 0.15) is 5.60 Å². The van der Waals surface area contributed by atoms with E-state index in [2.05, 4.69) is 44.9 Å². The molecule has 128 valence electrons. The molecule has 2 rings (SSSR count). The Kier molecular flexibility index (Phi) is 4.46. The predicted octanol–water partition coefficient (Wildman–Crippen LogP) is 4.13. The molecule has 0 spiro atoms. The predicted molar refractivity (Wildman–Crippen MR) is 93.0 cm³/mol. The van der Waals surface area contributed by atoms with E-state index in [1.807, 2.05) is 32.7 Å². The van der Waals surface area contributed by atoms with Gasteiger partial charge in [0.25, 0.3) is 0 Å². The second-order valence-corrected chi connectivity index (χ2v) is 7.65. The van der Waals surface area contributed by atoms with Crippen molar-refractivity contribution >= 4 is 11.8 Å². The highest BCUT2D eigenvalue weighted by atomic mass is 16.6. The summed E-state index contributed by atoms with van der Waals surface area (Å²) in [5.41, 5.74) is 2.51. The molecular weight excluding hydrogens is 290 g/mol. The van der Waals surface area contributed by atoms with Gasteiger partial charge in [0.15, 0.2) is 0 Å². The fourth-order valence-corrected chi connectivity index (χ4v) is 3.40. The summed E-state index contributed by atoms with van der Waals surface area (Å²) in [4.78, 5) is 12.6. The van der Waals surface area contributed by atoms with Crippen molar-refractivity contribution in [1.29, 1.82) is 0 Å². The van der Waals surface area contributed by atoms with Crippen LogP contribution < -0.4 is 0 Å². The molecule has 5 heteroatoms. The average Bonchev–Trinajstić information content (AvgIpc) is 2.37. The molecule has 0 aromatic rings. The van der Waals surface area contributed by atoms with Gasteiger partial charge in [-0.25, -0.2) is 4.79 Å². The largest absolute Gasteiger partial charge is 0.446 e. The molecule has 0 saturated carbocycles. The number of hydrogen-bond donors (Lipinski definition) is 0. The molecule has 2 atom stereocenters. The van der Waals surface area contributed by atoms with Gasteiger partial charge >= 0.3 is 6.09 Å². The number of amides is 1. The van der Waals surface area contributed by atoms with Crippen LogP contribution in [0.3, 0.4) is 0 Å². The third-order valence-corrected chi connectivity index (χ3v) is 4.49. The first kappa shape index (κ1) is 17.7. The lowest BCUT2D eigenvalue weighted by atomic mass is 9.71. The molecular formula is C18H29N3O2. The van der Waals surface area contributed by atoms with Gasteiger partial charge in [-0.05, 0) is 54.0 Å². The van der Waals surface area contributed by atoms with Crippen LogP contribution >= 0.6 is 0 Å². The number of ether oxygens (including phenoxy) is 1. The maximum atomic E-state index is 12.6. The molecule has 0 saturated heterocycles. The van der Waals surface area contributed by atoms with Crippen LogP contribution in [0.15, 0.2) is 28.4 Å². The molecule has 2 aliphatic rings. The maximum Gasteiger partial charge on any atom is 0.446 e. The van der Waals surface area contributed by atoms with E-state index >= 15 is 0 Å². The number of rotatable bonds is 1. The summed E-state index contributed by atoms with van der Waals surface area (Å²) in [7, 11) is 0. The molecule has 2 unspecified atom stereocenters. The van der Waals surface area contributed by atoms with E-state index in [1.54, 1.807) is 0 Å². The van der Waals surface area contributed by atoms with Gasteiger partial charge in [0.05, 0.1) is 5.71 Å². The summed E-state index contributed by atoms with van der Waals surface area (Å²) in [6, 6.07) is 0.103. The zero-order valence-electron chi connectivity index (χ0n) is 15.6. The van der Waals surface area contributed by atoms with Crippen molar-refractivity contribution in [2.24, 2.45) is 10.5 Å².